The van der Waals surface area contributed by atoms with Crippen molar-refractivity contribution in [3.8, 4) is 23.0 Å². The van der Waals surface area contributed by atoms with E-state index in [-0.39, 0.29) is 17.4 Å². The first kappa shape index (κ1) is 22.5. The molecular weight excluding hydrogens is 368 g/mol. The van der Waals surface area contributed by atoms with Crippen molar-refractivity contribution >= 4 is 0 Å². The number of phenolic OH excluding ortho intramolecular Hbond substituents is 2. The third-order valence-electron chi connectivity index (χ3n) is 4.91. The Labute approximate surface area is 172 Å². The van der Waals surface area contributed by atoms with Gasteiger partial charge in [-0.25, -0.2) is 9.89 Å². The number of benzene rings is 1. The Bertz CT molecular complexity index is 931. The van der Waals surface area contributed by atoms with Gasteiger partial charge in [0.05, 0.1) is 5.56 Å². The largest absolute Gasteiger partial charge is 0.508 e. The molecule has 1 heterocycles. The van der Waals surface area contributed by atoms with Crippen LogP contribution in [0.4, 0.5) is 0 Å². The number of hydrogen-bond donors (Lipinski definition) is 3. The Balaban J connectivity index is 2.35. The van der Waals surface area contributed by atoms with Gasteiger partial charge in [-0.2, -0.15) is 0 Å². The normalized spacial score (nSPS) is 11.7. The number of hydrogen-bond acceptors (Lipinski definition) is 5. The van der Waals surface area contributed by atoms with Gasteiger partial charge in [0.2, 0.25) is 0 Å². The van der Waals surface area contributed by atoms with Crippen LogP contribution in [0, 0.1) is 0 Å². The first-order valence-electron chi connectivity index (χ1n) is 10.2. The molecule has 29 heavy (non-hydrogen) atoms. The summed E-state index contributed by atoms with van der Waals surface area (Å²) in [6.07, 6.45) is 10.1. The lowest BCUT2D eigenvalue weighted by atomic mass is 9.94. The van der Waals surface area contributed by atoms with Gasteiger partial charge >= 0.3 is 5.76 Å². The van der Waals surface area contributed by atoms with E-state index < -0.39 is 5.76 Å². The molecule has 6 heteroatoms. The molecule has 0 unspecified atom stereocenters. The molecule has 0 spiro atoms. The predicted molar refractivity (Wildman–Crippen MR) is 115 cm³/mol. The van der Waals surface area contributed by atoms with Crippen molar-refractivity contribution in [1.82, 2.24) is 10.2 Å². The summed E-state index contributed by atoms with van der Waals surface area (Å²) in [6, 6.07) is 1.65. The van der Waals surface area contributed by atoms with Gasteiger partial charge in [0, 0.05) is 5.56 Å². The van der Waals surface area contributed by atoms with E-state index in [2.05, 4.69) is 37.0 Å². The highest BCUT2D eigenvalue weighted by atomic mass is 16.4. The van der Waals surface area contributed by atoms with E-state index in [0.717, 1.165) is 37.7 Å². The quantitative estimate of drug-likeness (QED) is 0.366. The number of nitrogens with one attached hydrogen (secondary N) is 1. The number of aromatic amines is 1. The topological polar surface area (TPSA) is 99.4 Å². The Hall–Kier alpha value is -2.76. The SMILES string of the molecule is CCCCCc1cc(O)c(CC=C(C)CCC=C(C)C)c(O)c1-c1n[nH]c(=O)o1. The second kappa shape index (κ2) is 10.7. The van der Waals surface area contributed by atoms with Gasteiger partial charge in [0.25, 0.3) is 5.89 Å². The van der Waals surface area contributed by atoms with Crippen LogP contribution in [0.25, 0.3) is 11.5 Å². The Morgan fingerprint density at radius 3 is 2.59 bits per heavy atom. The van der Waals surface area contributed by atoms with Gasteiger partial charge in [-0.1, -0.05) is 43.1 Å². The van der Waals surface area contributed by atoms with Crippen LogP contribution >= 0.6 is 0 Å². The number of aromatic hydroxyl groups is 2. The minimum absolute atomic E-state index is 0.0454. The summed E-state index contributed by atoms with van der Waals surface area (Å²) in [5, 5.41) is 27.6. The van der Waals surface area contributed by atoms with Crippen molar-refractivity contribution < 1.29 is 14.6 Å². The Morgan fingerprint density at radius 1 is 1.21 bits per heavy atom. The maximum Gasteiger partial charge on any atom is 0.434 e. The summed E-state index contributed by atoms with van der Waals surface area (Å²) >= 11 is 0. The molecule has 0 bridgehead atoms. The zero-order valence-corrected chi connectivity index (χ0v) is 17.8. The fourth-order valence-electron chi connectivity index (χ4n) is 3.25. The summed E-state index contributed by atoms with van der Waals surface area (Å²) in [4.78, 5) is 11.4. The second-order valence-corrected chi connectivity index (χ2v) is 7.71. The van der Waals surface area contributed by atoms with Crippen LogP contribution < -0.4 is 5.76 Å². The van der Waals surface area contributed by atoms with Gasteiger partial charge in [-0.05, 0) is 64.5 Å². The number of rotatable bonds is 10. The van der Waals surface area contributed by atoms with Gasteiger partial charge in [-0.15, -0.1) is 5.10 Å². The highest BCUT2D eigenvalue weighted by Crippen LogP contribution is 2.40. The van der Waals surface area contributed by atoms with Crippen molar-refractivity contribution in [3.63, 3.8) is 0 Å². The summed E-state index contributed by atoms with van der Waals surface area (Å²) in [7, 11) is 0. The summed E-state index contributed by atoms with van der Waals surface area (Å²) in [5.74, 6) is -0.669. The van der Waals surface area contributed by atoms with Crippen molar-refractivity contribution in [2.45, 2.75) is 72.6 Å². The number of unbranched alkanes of at least 4 members (excludes halogenated alkanes) is 2. The van der Waals surface area contributed by atoms with Gasteiger partial charge in [0.1, 0.15) is 11.5 Å². The fourth-order valence-corrected chi connectivity index (χ4v) is 3.25. The van der Waals surface area contributed by atoms with Crippen LogP contribution in [0.5, 0.6) is 11.5 Å². The summed E-state index contributed by atoms with van der Waals surface area (Å²) in [6.45, 7) is 8.30. The number of nitrogens with zero attached hydrogens (tertiary/aromatic N) is 1. The van der Waals surface area contributed by atoms with E-state index in [1.54, 1.807) is 6.07 Å². The molecule has 1 aromatic carbocycles. The molecule has 158 valence electrons. The summed E-state index contributed by atoms with van der Waals surface area (Å²) in [5.41, 5.74) is 3.98. The Kier molecular flexibility index (Phi) is 8.31. The second-order valence-electron chi connectivity index (χ2n) is 7.71. The molecule has 0 fully saturated rings. The molecular formula is C23H32N2O4. The number of allylic oxidation sites excluding steroid dienone is 4. The smallest absolute Gasteiger partial charge is 0.434 e. The van der Waals surface area contributed by atoms with Gasteiger partial charge in [-0.3, -0.25) is 0 Å². The van der Waals surface area contributed by atoms with E-state index in [1.165, 1.54) is 11.1 Å². The Morgan fingerprint density at radius 2 is 1.97 bits per heavy atom. The molecule has 0 aliphatic heterocycles. The zero-order valence-electron chi connectivity index (χ0n) is 17.8. The molecule has 0 atom stereocenters. The highest BCUT2D eigenvalue weighted by Gasteiger charge is 2.22. The minimum atomic E-state index is -0.677. The van der Waals surface area contributed by atoms with Crippen molar-refractivity contribution in [1.29, 1.82) is 0 Å². The van der Waals surface area contributed by atoms with Crippen LogP contribution in [0.2, 0.25) is 0 Å². The van der Waals surface area contributed by atoms with Crippen LogP contribution in [-0.4, -0.2) is 20.4 Å². The van der Waals surface area contributed by atoms with E-state index in [1.807, 2.05) is 13.0 Å². The molecule has 0 amide bonds. The number of phenols is 2. The van der Waals surface area contributed by atoms with Crippen LogP contribution in [0.1, 0.15) is 70.9 Å². The number of H-pyrrole nitrogens is 1. The van der Waals surface area contributed by atoms with Crippen molar-refractivity contribution in [3.05, 3.63) is 51.0 Å². The monoisotopic (exact) mass is 400 g/mol. The molecule has 1 aromatic heterocycles. The first-order chi connectivity index (χ1) is 13.8. The van der Waals surface area contributed by atoms with Crippen molar-refractivity contribution in [2.24, 2.45) is 0 Å². The molecule has 0 saturated carbocycles. The maximum absolute atomic E-state index is 11.4. The third-order valence-corrected chi connectivity index (χ3v) is 4.91. The van der Waals surface area contributed by atoms with Crippen molar-refractivity contribution in [2.75, 3.05) is 0 Å². The third kappa shape index (κ3) is 6.38. The molecule has 0 aliphatic rings. The standard InChI is InChI=1S/C23H32N2O4/c1-5-6-7-11-17-14-19(26)18(13-12-16(4)10-8-9-15(2)3)21(27)20(17)22-24-25-23(28)29-22/h9,12,14,26-27H,5-8,10-11,13H2,1-4H3,(H,25,28). The van der Waals surface area contributed by atoms with Gasteiger partial charge in [0.15, 0.2) is 0 Å². The predicted octanol–water partition coefficient (Wildman–Crippen LogP) is 5.41. The highest BCUT2D eigenvalue weighted by molar-refractivity contribution is 5.72. The van der Waals surface area contributed by atoms with Crippen LogP contribution in [0.15, 0.2) is 38.6 Å². The molecule has 2 rings (SSSR count). The van der Waals surface area contributed by atoms with E-state index >= 15 is 0 Å². The molecule has 6 nitrogen and oxygen atoms in total. The summed E-state index contributed by atoms with van der Waals surface area (Å²) < 4.78 is 5.11. The average molecular weight is 401 g/mol. The number of aromatic nitrogens is 2. The zero-order chi connectivity index (χ0) is 21.4. The average Bonchev–Trinajstić information content (AvgIpc) is 3.07. The minimum Gasteiger partial charge on any atom is -0.508 e. The molecule has 3 N–H and O–H groups in total. The molecule has 0 aliphatic carbocycles. The lowest BCUT2D eigenvalue weighted by Crippen LogP contribution is -1.97. The molecule has 2 aromatic rings. The number of aryl methyl sites for hydroxylation is 1. The van der Waals surface area contributed by atoms with E-state index in [4.69, 9.17) is 4.42 Å². The molecule has 0 radical (unpaired) electrons. The van der Waals surface area contributed by atoms with Crippen LogP contribution in [-0.2, 0) is 12.8 Å². The maximum atomic E-state index is 11.4. The first-order valence-corrected chi connectivity index (χ1v) is 10.2. The van der Waals surface area contributed by atoms with Gasteiger partial charge < -0.3 is 14.6 Å². The van der Waals surface area contributed by atoms with E-state index in [9.17, 15) is 15.0 Å². The van der Waals surface area contributed by atoms with E-state index in [0.29, 0.717) is 24.0 Å². The molecule has 0 saturated heterocycles. The lowest BCUT2D eigenvalue weighted by Gasteiger charge is -2.14. The lowest BCUT2D eigenvalue weighted by molar-refractivity contribution is 0.437. The van der Waals surface area contributed by atoms with Crippen LogP contribution in [0.3, 0.4) is 0 Å². The fraction of sp³-hybridized carbons (Fsp3) is 0.478.